The first-order chi connectivity index (χ1) is 10.6. The van der Waals surface area contributed by atoms with Crippen molar-refractivity contribution < 1.29 is 4.39 Å². The zero-order chi connectivity index (χ0) is 15.5. The van der Waals surface area contributed by atoms with E-state index in [1.165, 1.54) is 0 Å². The van der Waals surface area contributed by atoms with Crippen molar-refractivity contribution in [2.24, 2.45) is 0 Å². The number of halogens is 1. The summed E-state index contributed by atoms with van der Waals surface area (Å²) in [5, 5.41) is 7.18. The highest BCUT2D eigenvalue weighted by Crippen LogP contribution is 2.24. The van der Waals surface area contributed by atoms with E-state index < -0.39 is 0 Å². The van der Waals surface area contributed by atoms with Gasteiger partial charge in [-0.05, 0) is 50.6 Å². The molecular formula is C17H23FN4. The molecule has 5 heteroatoms. The Labute approximate surface area is 130 Å². The van der Waals surface area contributed by atoms with Crippen molar-refractivity contribution in [2.75, 3.05) is 25.0 Å². The highest BCUT2D eigenvalue weighted by Gasteiger charge is 2.16. The molecule has 1 fully saturated rings. The van der Waals surface area contributed by atoms with E-state index in [2.05, 4.69) is 20.0 Å². The molecule has 0 radical (unpaired) electrons. The normalized spacial score (nSPS) is 15.0. The number of benzene rings is 1. The van der Waals surface area contributed by atoms with E-state index in [0.717, 1.165) is 55.1 Å². The number of nitrogens with one attached hydrogen (secondary N) is 1. The summed E-state index contributed by atoms with van der Waals surface area (Å²) in [4.78, 5) is 4.27. The van der Waals surface area contributed by atoms with Crippen molar-refractivity contribution >= 4 is 5.69 Å². The van der Waals surface area contributed by atoms with Gasteiger partial charge in [0.15, 0.2) is 0 Å². The standard InChI is InChI=1S/C17H23FN4/c1-13-9-15(20-19-13)12-21(2)11-14-5-6-17(16(18)10-14)22-7-3-4-8-22/h5-6,9-10H,3-4,7-8,11-12H2,1-2H3,(H,19,20). The average Bonchev–Trinajstić information content (AvgIpc) is 3.11. The molecule has 2 heterocycles. The van der Waals surface area contributed by atoms with Gasteiger partial charge in [0.1, 0.15) is 5.82 Å². The van der Waals surface area contributed by atoms with Gasteiger partial charge >= 0.3 is 0 Å². The third-order valence-corrected chi connectivity index (χ3v) is 4.10. The second-order valence-electron chi connectivity index (χ2n) is 6.19. The van der Waals surface area contributed by atoms with Crippen molar-refractivity contribution in [3.63, 3.8) is 0 Å². The molecule has 0 aliphatic carbocycles. The van der Waals surface area contributed by atoms with E-state index in [-0.39, 0.29) is 5.82 Å². The van der Waals surface area contributed by atoms with Crippen molar-refractivity contribution in [3.8, 4) is 0 Å². The van der Waals surface area contributed by atoms with Gasteiger partial charge in [0, 0.05) is 31.9 Å². The van der Waals surface area contributed by atoms with E-state index in [1.54, 1.807) is 6.07 Å². The van der Waals surface area contributed by atoms with E-state index in [4.69, 9.17) is 0 Å². The van der Waals surface area contributed by atoms with Gasteiger partial charge in [0.25, 0.3) is 0 Å². The van der Waals surface area contributed by atoms with Crippen LogP contribution in [0.3, 0.4) is 0 Å². The molecule has 118 valence electrons. The van der Waals surface area contributed by atoms with Gasteiger partial charge in [-0.15, -0.1) is 0 Å². The van der Waals surface area contributed by atoms with E-state index in [1.807, 2.05) is 32.2 Å². The van der Waals surface area contributed by atoms with Crippen LogP contribution in [0, 0.1) is 12.7 Å². The third-order valence-electron chi connectivity index (χ3n) is 4.10. The molecule has 1 aromatic carbocycles. The Bertz CT molecular complexity index is 631. The molecule has 22 heavy (non-hydrogen) atoms. The number of aromatic amines is 1. The van der Waals surface area contributed by atoms with Crippen LogP contribution in [0.5, 0.6) is 0 Å². The molecule has 0 amide bonds. The first-order valence-electron chi connectivity index (χ1n) is 7.84. The summed E-state index contributed by atoms with van der Waals surface area (Å²) in [6.07, 6.45) is 2.32. The van der Waals surface area contributed by atoms with E-state index in [9.17, 15) is 4.39 Å². The van der Waals surface area contributed by atoms with Crippen LogP contribution in [0.1, 0.15) is 29.8 Å². The molecule has 0 spiro atoms. The number of H-pyrrole nitrogens is 1. The first-order valence-corrected chi connectivity index (χ1v) is 7.84. The maximum Gasteiger partial charge on any atom is 0.146 e. The van der Waals surface area contributed by atoms with Crippen LogP contribution in [-0.4, -0.2) is 35.2 Å². The monoisotopic (exact) mass is 302 g/mol. The largest absolute Gasteiger partial charge is 0.369 e. The first kappa shape index (κ1) is 15.0. The van der Waals surface area contributed by atoms with Crippen LogP contribution in [0.2, 0.25) is 0 Å². The number of hydrogen-bond acceptors (Lipinski definition) is 3. The minimum Gasteiger partial charge on any atom is -0.369 e. The zero-order valence-corrected chi connectivity index (χ0v) is 13.3. The predicted molar refractivity (Wildman–Crippen MR) is 86.3 cm³/mol. The Morgan fingerprint density at radius 1 is 1.23 bits per heavy atom. The minimum absolute atomic E-state index is 0.108. The SMILES string of the molecule is Cc1cc(CN(C)Cc2ccc(N3CCCC3)c(F)c2)n[nH]1. The van der Waals surface area contributed by atoms with Gasteiger partial charge in [-0.2, -0.15) is 5.10 Å². The lowest BCUT2D eigenvalue weighted by molar-refractivity contribution is 0.314. The van der Waals surface area contributed by atoms with Crippen molar-refractivity contribution in [3.05, 3.63) is 47.0 Å². The fourth-order valence-electron chi connectivity index (χ4n) is 3.06. The predicted octanol–water partition coefficient (Wildman–Crippen LogP) is 3.09. The Kier molecular flexibility index (Phi) is 4.43. The Morgan fingerprint density at radius 3 is 2.64 bits per heavy atom. The molecular weight excluding hydrogens is 279 g/mol. The van der Waals surface area contributed by atoms with Crippen LogP contribution >= 0.6 is 0 Å². The molecule has 0 bridgehead atoms. The molecule has 3 rings (SSSR count). The van der Waals surface area contributed by atoms with Crippen LogP contribution < -0.4 is 4.90 Å². The lowest BCUT2D eigenvalue weighted by Crippen LogP contribution is -2.20. The summed E-state index contributed by atoms with van der Waals surface area (Å²) in [7, 11) is 2.02. The number of aryl methyl sites for hydroxylation is 1. The second-order valence-corrected chi connectivity index (χ2v) is 6.19. The maximum absolute atomic E-state index is 14.3. The summed E-state index contributed by atoms with van der Waals surface area (Å²) in [5.74, 6) is -0.108. The summed E-state index contributed by atoms with van der Waals surface area (Å²) < 4.78 is 14.3. The Morgan fingerprint density at radius 2 is 2.00 bits per heavy atom. The van der Waals surface area contributed by atoms with Gasteiger partial charge in [-0.25, -0.2) is 4.39 Å². The fourth-order valence-corrected chi connectivity index (χ4v) is 3.06. The van der Waals surface area contributed by atoms with Crippen molar-refractivity contribution in [1.29, 1.82) is 0 Å². The summed E-state index contributed by atoms with van der Waals surface area (Å²) in [6.45, 7) is 5.38. The Hall–Kier alpha value is -1.88. The van der Waals surface area contributed by atoms with E-state index in [0.29, 0.717) is 6.54 Å². The molecule has 2 aromatic rings. The van der Waals surface area contributed by atoms with Gasteiger partial charge in [-0.1, -0.05) is 6.07 Å². The highest BCUT2D eigenvalue weighted by molar-refractivity contribution is 5.49. The minimum atomic E-state index is -0.108. The number of hydrogen-bond donors (Lipinski definition) is 1. The summed E-state index contributed by atoms with van der Waals surface area (Å²) >= 11 is 0. The molecule has 1 aliphatic heterocycles. The van der Waals surface area contributed by atoms with E-state index >= 15 is 0 Å². The van der Waals surface area contributed by atoms with Crippen molar-refractivity contribution in [1.82, 2.24) is 15.1 Å². The lowest BCUT2D eigenvalue weighted by Gasteiger charge is -2.20. The van der Waals surface area contributed by atoms with Gasteiger partial charge in [0.05, 0.1) is 11.4 Å². The second kappa shape index (κ2) is 6.48. The molecule has 0 unspecified atom stereocenters. The molecule has 1 N–H and O–H groups in total. The molecule has 4 nitrogen and oxygen atoms in total. The maximum atomic E-state index is 14.3. The number of anilines is 1. The quantitative estimate of drug-likeness (QED) is 0.922. The summed E-state index contributed by atoms with van der Waals surface area (Å²) in [5.41, 5.74) is 3.81. The topological polar surface area (TPSA) is 35.2 Å². The van der Waals surface area contributed by atoms with Gasteiger partial charge < -0.3 is 4.90 Å². The Balaban J connectivity index is 1.63. The zero-order valence-electron chi connectivity index (χ0n) is 13.3. The molecule has 0 atom stereocenters. The van der Waals surface area contributed by atoms with Gasteiger partial charge in [-0.3, -0.25) is 10.00 Å². The van der Waals surface area contributed by atoms with Crippen LogP contribution in [0.4, 0.5) is 10.1 Å². The highest BCUT2D eigenvalue weighted by atomic mass is 19.1. The van der Waals surface area contributed by atoms with Crippen LogP contribution in [0.15, 0.2) is 24.3 Å². The van der Waals surface area contributed by atoms with Crippen LogP contribution in [-0.2, 0) is 13.1 Å². The number of rotatable bonds is 5. The number of nitrogens with zero attached hydrogens (tertiary/aromatic N) is 3. The average molecular weight is 302 g/mol. The van der Waals surface area contributed by atoms with Crippen LogP contribution in [0.25, 0.3) is 0 Å². The van der Waals surface area contributed by atoms with Gasteiger partial charge in [0.2, 0.25) is 0 Å². The van der Waals surface area contributed by atoms with Crippen molar-refractivity contribution in [2.45, 2.75) is 32.9 Å². The molecule has 1 aliphatic rings. The summed E-state index contributed by atoms with van der Waals surface area (Å²) in [6, 6.07) is 7.65. The number of aromatic nitrogens is 2. The molecule has 1 saturated heterocycles. The third kappa shape index (κ3) is 3.47. The smallest absolute Gasteiger partial charge is 0.146 e. The molecule has 0 saturated carbocycles. The lowest BCUT2D eigenvalue weighted by atomic mass is 10.1. The molecule has 1 aromatic heterocycles. The fraction of sp³-hybridized carbons (Fsp3) is 0.471.